The van der Waals surface area contributed by atoms with E-state index in [1.807, 2.05) is 6.20 Å². The van der Waals surface area contributed by atoms with E-state index in [-0.39, 0.29) is 17.1 Å². The van der Waals surface area contributed by atoms with Gasteiger partial charge in [-0.15, -0.1) is 5.53 Å². The van der Waals surface area contributed by atoms with E-state index in [1.165, 1.54) is 24.1 Å². The maximum Gasteiger partial charge on any atom is 0.322 e. The number of benzene rings is 1. The Morgan fingerprint density at radius 2 is 1.74 bits per heavy atom. The molecule has 9 heteroatoms. The lowest BCUT2D eigenvalue weighted by Gasteiger charge is -2.48. The number of carbonyl (C=O) groups is 1. The molecule has 3 N–H and O–H groups in total. The molecular formula is C25H32N8O. The van der Waals surface area contributed by atoms with Gasteiger partial charge in [-0.05, 0) is 58.2 Å². The highest BCUT2D eigenvalue weighted by Gasteiger charge is 2.50. The zero-order valence-corrected chi connectivity index (χ0v) is 19.8. The zero-order valence-electron chi connectivity index (χ0n) is 19.8. The van der Waals surface area contributed by atoms with E-state index in [2.05, 4.69) is 75.6 Å². The molecule has 1 saturated heterocycles. The maximum atomic E-state index is 13.0. The topological polar surface area (TPSA) is 88.7 Å². The number of rotatable bonds is 5. The summed E-state index contributed by atoms with van der Waals surface area (Å²) in [4.78, 5) is 26.1. The van der Waals surface area contributed by atoms with Gasteiger partial charge in [0.05, 0.1) is 30.2 Å². The third-order valence-corrected chi connectivity index (χ3v) is 8.04. The Balaban J connectivity index is 1.15. The number of hydrogen-bond acceptors (Lipinski definition) is 7. The molecule has 0 atom stereocenters. The molecule has 0 bridgehead atoms. The number of aromatic nitrogens is 2. The van der Waals surface area contributed by atoms with E-state index in [9.17, 15) is 4.79 Å². The van der Waals surface area contributed by atoms with Crippen molar-refractivity contribution in [2.24, 2.45) is 5.92 Å². The van der Waals surface area contributed by atoms with Gasteiger partial charge in [-0.25, -0.2) is 19.8 Å². The van der Waals surface area contributed by atoms with Gasteiger partial charge in [-0.1, -0.05) is 30.3 Å². The van der Waals surface area contributed by atoms with Gasteiger partial charge in [0.15, 0.2) is 0 Å². The van der Waals surface area contributed by atoms with E-state index >= 15 is 0 Å². The van der Waals surface area contributed by atoms with Crippen molar-refractivity contribution in [3.63, 3.8) is 0 Å². The largest absolute Gasteiger partial charge is 0.330 e. The molecular weight excluding hydrogens is 428 g/mol. The summed E-state index contributed by atoms with van der Waals surface area (Å²) >= 11 is 0. The van der Waals surface area contributed by atoms with Crippen molar-refractivity contribution in [3.05, 3.63) is 60.2 Å². The minimum absolute atomic E-state index is 0.000974. The first-order valence-electron chi connectivity index (χ1n) is 12.2. The highest BCUT2D eigenvalue weighted by molar-refractivity contribution is 5.95. The van der Waals surface area contributed by atoms with E-state index in [1.54, 1.807) is 22.3 Å². The summed E-state index contributed by atoms with van der Waals surface area (Å²) in [6.45, 7) is 0.641. The minimum Gasteiger partial charge on any atom is -0.330 e. The van der Waals surface area contributed by atoms with Crippen molar-refractivity contribution in [2.75, 3.05) is 30.5 Å². The predicted octanol–water partition coefficient (Wildman–Crippen LogP) is 2.86. The number of urea groups is 1. The van der Waals surface area contributed by atoms with Crippen molar-refractivity contribution in [3.8, 4) is 0 Å². The molecule has 178 valence electrons. The van der Waals surface area contributed by atoms with Crippen LogP contribution in [-0.4, -0.2) is 47.1 Å². The van der Waals surface area contributed by atoms with Gasteiger partial charge in [0, 0.05) is 23.4 Å². The molecule has 9 nitrogen and oxygen atoms in total. The molecule has 0 unspecified atom stereocenters. The summed E-state index contributed by atoms with van der Waals surface area (Å²) < 4.78 is 0. The Kier molecular flexibility index (Phi) is 5.00. The molecule has 1 spiro atoms. The van der Waals surface area contributed by atoms with Gasteiger partial charge in [-0.3, -0.25) is 9.80 Å². The summed E-state index contributed by atoms with van der Waals surface area (Å²) in [6, 6.07) is 10.7. The molecule has 2 aromatic rings. The van der Waals surface area contributed by atoms with Crippen LogP contribution in [0.4, 0.5) is 16.4 Å². The van der Waals surface area contributed by atoms with Crippen LogP contribution in [0.5, 0.6) is 0 Å². The van der Waals surface area contributed by atoms with E-state index in [0.717, 1.165) is 31.4 Å². The molecule has 6 rings (SSSR count). The molecule has 2 aliphatic heterocycles. The Bertz CT molecular complexity index is 1090. The Morgan fingerprint density at radius 1 is 1.03 bits per heavy atom. The summed E-state index contributed by atoms with van der Waals surface area (Å²) in [5.41, 5.74) is 9.31. The SMILES string of the molecule is CN(C)[C@]1(c2ccccc2)CC[C@]2(CC1)CN(c1cnc(N3C=C(C4CC4)NN3)nc1)C(=O)N2. The standard InChI is InChI=1S/C25H32N8O/c1-31(2)25(19-6-4-3-5-7-19)12-10-24(11-13-25)17-32(23(34)28-24)20-14-26-22(27-15-20)33-16-21(29-30-33)18-8-9-18/h3-7,14-16,18,29-30H,8-13,17H2,1-2H3,(H,28,34)/t24-,25+. The fourth-order valence-electron chi connectivity index (χ4n) is 5.70. The van der Waals surface area contributed by atoms with Crippen LogP contribution in [-0.2, 0) is 5.54 Å². The van der Waals surface area contributed by atoms with Crippen molar-refractivity contribution < 1.29 is 4.79 Å². The van der Waals surface area contributed by atoms with Crippen molar-refractivity contribution in [1.82, 2.24) is 31.1 Å². The van der Waals surface area contributed by atoms with Gasteiger partial charge in [-0.2, -0.15) is 0 Å². The number of nitrogens with one attached hydrogen (secondary N) is 3. The van der Waals surface area contributed by atoms with Crippen LogP contribution in [0.2, 0.25) is 0 Å². The van der Waals surface area contributed by atoms with Crippen LogP contribution in [0.15, 0.2) is 54.6 Å². The third kappa shape index (κ3) is 3.59. The number of carbonyl (C=O) groups excluding carboxylic acids is 1. The molecule has 2 saturated carbocycles. The molecule has 1 aromatic carbocycles. The Hall–Kier alpha value is -3.17. The molecule has 3 fully saturated rings. The molecule has 2 aliphatic carbocycles. The first kappa shape index (κ1) is 21.4. The number of amides is 2. The summed E-state index contributed by atoms with van der Waals surface area (Å²) in [5.74, 6) is 1.17. The number of allylic oxidation sites excluding steroid dienone is 1. The number of anilines is 2. The molecule has 2 amide bonds. The van der Waals surface area contributed by atoms with Crippen LogP contribution >= 0.6 is 0 Å². The van der Waals surface area contributed by atoms with Crippen molar-refractivity contribution in [1.29, 1.82) is 0 Å². The highest BCUT2D eigenvalue weighted by Crippen LogP contribution is 2.46. The second-order valence-electron chi connectivity index (χ2n) is 10.3. The first-order chi connectivity index (χ1) is 16.5. The average molecular weight is 461 g/mol. The minimum atomic E-state index is -0.216. The van der Waals surface area contributed by atoms with Crippen LogP contribution in [0.3, 0.4) is 0 Å². The molecule has 1 aromatic heterocycles. The average Bonchev–Trinajstić information content (AvgIpc) is 3.50. The summed E-state index contributed by atoms with van der Waals surface area (Å²) in [5, 5.41) is 5.10. The number of hydrazine groups is 2. The molecule has 34 heavy (non-hydrogen) atoms. The fourth-order valence-corrected chi connectivity index (χ4v) is 5.70. The van der Waals surface area contributed by atoms with Gasteiger partial charge in [0.2, 0.25) is 5.95 Å². The van der Waals surface area contributed by atoms with Crippen molar-refractivity contribution in [2.45, 2.75) is 49.6 Å². The van der Waals surface area contributed by atoms with Gasteiger partial charge in [0.1, 0.15) is 0 Å². The summed E-state index contributed by atoms with van der Waals surface area (Å²) in [6.07, 6.45) is 11.8. The molecule has 4 aliphatic rings. The van der Waals surface area contributed by atoms with Crippen molar-refractivity contribution >= 4 is 17.7 Å². The van der Waals surface area contributed by atoms with E-state index < -0.39 is 0 Å². The number of hydrogen-bond donors (Lipinski definition) is 3. The lowest BCUT2D eigenvalue weighted by atomic mass is 9.69. The predicted molar refractivity (Wildman–Crippen MR) is 130 cm³/mol. The highest BCUT2D eigenvalue weighted by atomic mass is 16.2. The normalized spacial score (nSPS) is 28.9. The van der Waals surface area contributed by atoms with Crippen LogP contribution in [0, 0.1) is 5.92 Å². The second kappa shape index (κ2) is 7.95. The smallest absolute Gasteiger partial charge is 0.322 e. The monoisotopic (exact) mass is 460 g/mol. The zero-order chi connectivity index (χ0) is 23.3. The van der Waals surface area contributed by atoms with Gasteiger partial charge in [0.25, 0.3) is 0 Å². The fraction of sp³-hybridized carbons (Fsp3) is 0.480. The van der Waals surface area contributed by atoms with E-state index in [4.69, 9.17) is 0 Å². The molecule has 0 radical (unpaired) electrons. The van der Waals surface area contributed by atoms with E-state index in [0.29, 0.717) is 18.4 Å². The second-order valence-corrected chi connectivity index (χ2v) is 10.3. The quantitative estimate of drug-likeness (QED) is 0.632. The molecule has 3 heterocycles. The lowest BCUT2D eigenvalue weighted by molar-refractivity contribution is 0.0658. The Morgan fingerprint density at radius 3 is 2.38 bits per heavy atom. The van der Waals surface area contributed by atoms with Gasteiger partial charge < -0.3 is 10.7 Å². The third-order valence-electron chi connectivity index (χ3n) is 8.04. The Labute approximate surface area is 200 Å². The van der Waals surface area contributed by atoms with Crippen LogP contribution < -0.4 is 26.2 Å². The van der Waals surface area contributed by atoms with Gasteiger partial charge >= 0.3 is 6.03 Å². The van der Waals surface area contributed by atoms with Crippen LogP contribution in [0.1, 0.15) is 44.1 Å². The first-order valence-corrected chi connectivity index (χ1v) is 12.2. The summed E-state index contributed by atoms with van der Waals surface area (Å²) in [7, 11) is 4.33. The maximum absolute atomic E-state index is 13.0. The lowest BCUT2D eigenvalue weighted by Crippen LogP contribution is -2.54. The number of nitrogens with zero attached hydrogens (tertiary/aromatic N) is 5. The van der Waals surface area contributed by atoms with Crippen LogP contribution in [0.25, 0.3) is 0 Å².